The third kappa shape index (κ3) is 3.28. The Morgan fingerprint density at radius 1 is 1.47 bits per heavy atom. The van der Waals surface area contributed by atoms with Gasteiger partial charge < -0.3 is 4.90 Å². The van der Waals surface area contributed by atoms with E-state index in [9.17, 15) is 10.1 Å². The zero-order valence-corrected chi connectivity index (χ0v) is 9.45. The minimum absolute atomic E-state index is 0.112. The van der Waals surface area contributed by atoms with Gasteiger partial charge in [-0.1, -0.05) is 24.4 Å². The zero-order valence-electron chi connectivity index (χ0n) is 8.64. The van der Waals surface area contributed by atoms with Gasteiger partial charge in [0.25, 0.3) is 5.69 Å². The molecule has 0 aliphatic rings. The summed E-state index contributed by atoms with van der Waals surface area (Å²) in [6.07, 6.45) is 0. The highest BCUT2D eigenvalue weighted by Crippen LogP contribution is 2.13. The summed E-state index contributed by atoms with van der Waals surface area (Å²) < 4.78 is 0. The van der Waals surface area contributed by atoms with Crippen molar-refractivity contribution < 1.29 is 4.92 Å². The molecule has 80 valence electrons. The quantitative estimate of drug-likeness (QED) is 0.449. The van der Waals surface area contributed by atoms with E-state index in [4.69, 9.17) is 12.2 Å². The van der Waals surface area contributed by atoms with Crippen LogP contribution in [0, 0.1) is 10.1 Å². The van der Waals surface area contributed by atoms with Gasteiger partial charge in [-0.3, -0.25) is 10.1 Å². The maximum Gasteiger partial charge on any atom is 0.269 e. The molecule has 4 nitrogen and oxygen atoms in total. The zero-order chi connectivity index (χ0) is 11.4. The molecule has 1 rings (SSSR count). The van der Waals surface area contributed by atoms with Gasteiger partial charge >= 0.3 is 0 Å². The van der Waals surface area contributed by atoms with E-state index in [0.29, 0.717) is 6.54 Å². The highest BCUT2D eigenvalue weighted by Gasteiger charge is 2.05. The first-order valence-electron chi connectivity index (χ1n) is 4.45. The molecule has 5 heteroatoms. The fraction of sp³-hybridized carbons (Fsp3) is 0.300. The number of hydrogen-bond donors (Lipinski definition) is 0. The highest BCUT2D eigenvalue weighted by molar-refractivity contribution is 7.80. The van der Waals surface area contributed by atoms with Gasteiger partial charge in [0.2, 0.25) is 0 Å². The van der Waals surface area contributed by atoms with Crippen LogP contribution in [-0.4, -0.2) is 21.9 Å². The number of benzene rings is 1. The van der Waals surface area contributed by atoms with Crippen LogP contribution in [0.5, 0.6) is 0 Å². The van der Waals surface area contributed by atoms with Crippen molar-refractivity contribution in [3.63, 3.8) is 0 Å². The molecule has 0 amide bonds. The second kappa shape index (κ2) is 4.84. The fourth-order valence-electron chi connectivity index (χ4n) is 1.11. The lowest BCUT2D eigenvalue weighted by Gasteiger charge is -2.16. The lowest BCUT2D eigenvalue weighted by Crippen LogP contribution is -2.21. The summed E-state index contributed by atoms with van der Waals surface area (Å²) >= 11 is 5.00. The summed E-state index contributed by atoms with van der Waals surface area (Å²) in [6.45, 7) is 2.52. The van der Waals surface area contributed by atoms with Crippen LogP contribution in [0.2, 0.25) is 0 Å². The first-order chi connectivity index (χ1) is 7.00. The summed E-state index contributed by atoms with van der Waals surface area (Å²) in [5, 5.41) is 10.4. The highest BCUT2D eigenvalue weighted by atomic mass is 32.1. The Hall–Kier alpha value is -1.49. The molecule has 0 spiro atoms. The van der Waals surface area contributed by atoms with Crippen LogP contribution in [0.4, 0.5) is 5.69 Å². The van der Waals surface area contributed by atoms with Gasteiger partial charge in [-0.2, -0.15) is 0 Å². The molecule has 0 bridgehead atoms. The van der Waals surface area contributed by atoms with Crippen molar-refractivity contribution in [2.45, 2.75) is 13.5 Å². The smallest absolute Gasteiger partial charge is 0.269 e. The van der Waals surface area contributed by atoms with E-state index in [1.54, 1.807) is 12.1 Å². The summed E-state index contributed by atoms with van der Waals surface area (Å²) in [7, 11) is 1.89. The molecule has 0 unspecified atom stereocenters. The van der Waals surface area contributed by atoms with Crippen molar-refractivity contribution in [1.82, 2.24) is 4.90 Å². The van der Waals surface area contributed by atoms with Gasteiger partial charge in [-0.25, -0.2) is 0 Å². The van der Waals surface area contributed by atoms with Crippen LogP contribution in [0.1, 0.15) is 12.5 Å². The standard InChI is InChI=1S/C10H12N2O2S/c1-8(15)11(2)7-9-3-5-10(6-4-9)12(13)14/h3-6H,7H2,1-2H3. The summed E-state index contributed by atoms with van der Waals surface area (Å²) in [5.74, 6) is 0. The van der Waals surface area contributed by atoms with Gasteiger partial charge in [0.05, 0.1) is 9.91 Å². The first kappa shape index (κ1) is 11.6. The lowest BCUT2D eigenvalue weighted by molar-refractivity contribution is -0.384. The second-order valence-corrected chi connectivity index (χ2v) is 3.89. The number of rotatable bonds is 3. The van der Waals surface area contributed by atoms with Crippen molar-refractivity contribution in [1.29, 1.82) is 0 Å². The molecular formula is C10H12N2O2S. The van der Waals surface area contributed by atoms with Crippen LogP contribution in [0.15, 0.2) is 24.3 Å². The van der Waals surface area contributed by atoms with E-state index in [1.807, 2.05) is 18.9 Å². The molecule has 1 aromatic rings. The Morgan fingerprint density at radius 3 is 2.40 bits per heavy atom. The number of nitro benzene ring substituents is 1. The predicted molar refractivity (Wildman–Crippen MR) is 62.8 cm³/mol. The van der Waals surface area contributed by atoms with Gasteiger partial charge in [-0.05, 0) is 12.5 Å². The Kier molecular flexibility index (Phi) is 3.74. The molecule has 0 radical (unpaired) electrons. The van der Waals surface area contributed by atoms with Crippen molar-refractivity contribution in [2.75, 3.05) is 7.05 Å². The van der Waals surface area contributed by atoms with Crippen molar-refractivity contribution in [2.24, 2.45) is 0 Å². The van der Waals surface area contributed by atoms with E-state index in [-0.39, 0.29) is 5.69 Å². The fourth-order valence-corrected chi connectivity index (χ4v) is 1.17. The number of nitrogens with zero attached hydrogens (tertiary/aromatic N) is 2. The van der Waals surface area contributed by atoms with Crippen LogP contribution in [-0.2, 0) is 6.54 Å². The first-order valence-corrected chi connectivity index (χ1v) is 4.86. The Bertz CT molecular complexity index is 376. The molecule has 0 aliphatic heterocycles. The molecule has 0 saturated heterocycles. The maximum atomic E-state index is 10.4. The predicted octanol–water partition coefficient (Wildman–Crippen LogP) is 2.37. The summed E-state index contributed by atoms with van der Waals surface area (Å²) in [4.78, 5) is 12.7. The number of nitro groups is 1. The second-order valence-electron chi connectivity index (χ2n) is 3.30. The molecule has 15 heavy (non-hydrogen) atoms. The molecule has 0 fully saturated rings. The average Bonchev–Trinajstić information content (AvgIpc) is 2.18. The van der Waals surface area contributed by atoms with Gasteiger partial charge in [0.1, 0.15) is 0 Å². The van der Waals surface area contributed by atoms with E-state index in [0.717, 1.165) is 10.6 Å². The van der Waals surface area contributed by atoms with Gasteiger partial charge in [-0.15, -0.1) is 0 Å². The average molecular weight is 224 g/mol. The number of thiocarbonyl (C=S) groups is 1. The van der Waals surface area contributed by atoms with E-state index >= 15 is 0 Å². The van der Waals surface area contributed by atoms with Gasteiger partial charge in [0.15, 0.2) is 0 Å². The molecule has 0 aliphatic carbocycles. The SMILES string of the molecule is CC(=S)N(C)Cc1ccc([N+](=O)[O-])cc1. The Labute approximate surface area is 93.7 Å². The molecule has 0 atom stereocenters. The Balaban J connectivity index is 2.72. The van der Waals surface area contributed by atoms with Crippen molar-refractivity contribution in [3.05, 3.63) is 39.9 Å². The van der Waals surface area contributed by atoms with Crippen molar-refractivity contribution >= 4 is 22.9 Å². The minimum atomic E-state index is -0.405. The summed E-state index contributed by atoms with van der Waals surface area (Å²) in [5.41, 5.74) is 1.12. The molecule has 1 aromatic carbocycles. The third-order valence-corrected chi connectivity index (χ3v) is 2.42. The van der Waals surface area contributed by atoms with E-state index in [2.05, 4.69) is 0 Å². The van der Waals surface area contributed by atoms with Crippen LogP contribution in [0.3, 0.4) is 0 Å². The largest absolute Gasteiger partial charge is 0.365 e. The third-order valence-electron chi connectivity index (χ3n) is 2.10. The normalized spacial score (nSPS) is 9.73. The number of hydrogen-bond acceptors (Lipinski definition) is 3. The molecular weight excluding hydrogens is 212 g/mol. The molecule has 0 N–H and O–H groups in total. The van der Waals surface area contributed by atoms with Crippen LogP contribution < -0.4 is 0 Å². The Morgan fingerprint density at radius 2 is 2.00 bits per heavy atom. The van der Waals surface area contributed by atoms with E-state index < -0.39 is 4.92 Å². The molecule has 0 saturated carbocycles. The van der Waals surface area contributed by atoms with Gasteiger partial charge in [0, 0.05) is 25.7 Å². The topological polar surface area (TPSA) is 46.4 Å². The number of non-ortho nitro benzene ring substituents is 1. The maximum absolute atomic E-state index is 10.4. The minimum Gasteiger partial charge on any atom is -0.365 e. The van der Waals surface area contributed by atoms with E-state index in [1.165, 1.54) is 12.1 Å². The van der Waals surface area contributed by atoms with Crippen LogP contribution in [0.25, 0.3) is 0 Å². The monoisotopic (exact) mass is 224 g/mol. The van der Waals surface area contributed by atoms with Crippen LogP contribution >= 0.6 is 12.2 Å². The van der Waals surface area contributed by atoms with Crippen molar-refractivity contribution in [3.8, 4) is 0 Å². The molecule has 0 aromatic heterocycles. The summed E-state index contributed by atoms with van der Waals surface area (Å²) in [6, 6.07) is 6.49. The lowest BCUT2D eigenvalue weighted by atomic mass is 10.2. The molecule has 0 heterocycles.